The Morgan fingerprint density at radius 2 is 2.56 bits per heavy atom. The van der Waals surface area contributed by atoms with Crippen LogP contribution in [0.2, 0.25) is 0 Å². The van der Waals surface area contributed by atoms with E-state index in [2.05, 4.69) is 15.0 Å². The van der Waals surface area contributed by atoms with E-state index in [1.165, 1.54) is 13.3 Å². The Bertz CT molecular complexity index is 421. The van der Waals surface area contributed by atoms with Gasteiger partial charge in [-0.2, -0.15) is 5.26 Å². The van der Waals surface area contributed by atoms with Crippen molar-refractivity contribution in [1.82, 2.24) is 10.3 Å². The first-order chi connectivity index (χ1) is 7.77. The standard InChI is InChI=1S/C11H11N3O2/c1-16-11(15)10(5-12)8-14-7-9-3-2-4-13-6-9/h2-4,6,8,14H,7H2,1H3/b10-8+. The van der Waals surface area contributed by atoms with Crippen molar-refractivity contribution in [2.24, 2.45) is 0 Å². The summed E-state index contributed by atoms with van der Waals surface area (Å²) in [5.74, 6) is -0.652. The van der Waals surface area contributed by atoms with Crippen LogP contribution in [0.1, 0.15) is 5.56 Å². The van der Waals surface area contributed by atoms with Gasteiger partial charge in [0.15, 0.2) is 5.57 Å². The van der Waals surface area contributed by atoms with E-state index in [0.717, 1.165) is 5.56 Å². The van der Waals surface area contributed by atoms with Gasteiger partial charge in [0.05, 0.1) is 7.11 Å². The maximum atomic E-state index is 11.0. The molecule has 0 aromatic carbocycles. The Kier molecular flexibility index (Phi) is 4.54. The fraction of sp³-hybridized carbons (Fsp3) is 0.182. The molecule has 0 aliphatic rings. The molecule has 0 bridgehead atoms. The number of aromatic nitrogens is 1. The van der Waals surface area contributed by atoms with E-state index in [-0.39, 0.29) is 5.57 Å². The summed E-state index contributed by atoms with van der Waals surface area (Å²) < 4.78 is 4.42. The van der Waals surface area contributed by atoms with Crippen LogP contribution < -0.4 is 5.32 Å². The first-order valence-corrected chi connectivity index (χ1v) is 4.58. The van der Waals surface area contributed by atoms with Crippen LogP contribution in [-0.2, 0) is 16.1 Å². The Morgan fingerprint density at radius 1 is 1.75 bits per heavy atom. The number of nitrogens with one attached hydrogen (secondary N) is 1. The van der Waals surface area contributed by atoms with Crippen LogP contribution in [0.15, 0.2) is 36.3 Å². The summed E-state index contributed by atoms with van der Waals surface area (Å²) >= 11 is 0. The van der Waals surface area contributed by atoms with Crippen LogP contribution in [0, 0.1) is 11.3 Å². The Balaban J connectivity index is 2.54. The molecule has 0 saturated heterocycles. The molecule has 1 rings (SSSR count). The molecule has 0 aliphatic carbocycles. The van der Waals surface area contributed by atoms with Gasteiger partial charge in [-0.3, -0.25) is 4.98 Å². The summed E-state index contributed by atoms with van der Waals surface area (Å²) in [5, 5.41) is 11.5. The lowest BCUT2D eigenvalue weighted by Gasteiger charge is -2.01. The molecule has 0 saturated carbocycles. The third-order valence-corrected chi connectivity index (χ3v) is 1.80. The number of esters is 1. The van der Waals surface area contributed by atoms with Gasteiger partial charge in [-0.1, -0.05) is 6.07 Å². The Hall–Kier alpha value is -2.35. The molecule has 82 valence electrons. The summed E-state index contributed by atoms with van der Waals surface area (Å²) in [5.41, 5.74) is 0.896. The maximum Gasteiger partial charge on any atom is 0.350 e. The van der Waals surface area contributed by atoms with Gasteiger partial charge in [0.1, 0.15) is 6.07 Å². The lowest BCUT2D eigenvalue weighted by molar-refractivity contribution is -0.135. The highest BCUT2D eigenvalue weighted by Crippen LogP contribution is 1.97. The van der Waals surface area contributed by atoms with Crippen molar-refractivity contribution in [2.75, 3.05) is 7.11 Å². The molecule has 0 atom stereocenters. The molecule has 1 N–H and O–H groups in total. The number of nitrogens with zero attached hydrogens (tertiary/aromatic N) is 2. The van der Waals surface area contributed by atoms with Crippen molar-refractivity contribution in [3.05, 3.63) is 41.9 Å². The number of methoxy groups -OCH3 is 1. The zero-order valence-electron chi connectivity index (χ0n) is 8.80. The number of rotatable bonds is 4. The summed E-state index contributed by atoms with van der Waals surface area (Å²) in [7, 11) is 1.23. The third kappa shape index (κ3) is 3.42. The molecule has 1 aromatic rings. The summed E-state index contributed by atoms with van der Waals surface area (Å²) in [4.78, 5) is 15.0. The van der Waals surface area contributed by atoms with Gasteiger partial charge in [0.25, 0.3) is 0 Å². The number of carbonyl (C=O) groups is 1. The van der Waals surface area contributed by atoms with Gasteiger partial charge < -0.3 is 10.1 Å². The molecule has 0 spiro atoms. The van der Waals surface area contributed by atoms with Crippen molar-refractivity contribution in [1.29, 1.82) is 5.26 Å². The molecule has 1 aromatic heterocycles. The van der Waals surface area contributed by atoms with Crippen LogP contribution in [0.25, 0.3) is 0 Å². The van der Waals surface area contributed by atoms with Gasteiger partial charge in [-0.15, -0.1) is 0 Å². The van der Waals surface area contributed by atoms with E-state index in [1.807, 2.05) is 12.1 Å². The van der Waals surface area contributed by atoms with Gasteiger partial charge in [0.2, 0.25) is 0 Å². The predicted octanol–water partition coefficient (Wildman–Crippen LogP) is 0.752. The number of ether oxygens (including phenoxy) is 1. The van der Waals surface area contributed by atoms with E-state index in [9.17, 15) is 4.79 Å². The monoisotopic (exact) mass is 217 g/mol. The summed E-state index contributed by atoms with van der Waals surface area (Å²) in [6, 6.07) is 5.45. The largest absolute Gasteiger partial charge is 0.465 e. The molecule has 0 aliphatic heterocycles. The maximum absolute atomic E-state index is 11.0. The highest BCUT2D eigenvalue weighted by atomic mass is 16.5. The SMILES string of the molecule is COC(=O)/C(C#N)=C/NCc1cccnc1. The van der Waals surface area contributed by atoms with Crippen molar-refractivity contribution in [3.63, 3.8) is 0 Å². The fourth-order valence-corrected chi connectivity index (χ4v) is 1.02. The van der Waals surface area contributed by atoms with E-state index < -0.39 is 5.97 Å². The minimum Gasteiger partial charge on any atom is -0.465 e. The van der Waals surface area contributed by atoms with Crippen LogP contribution in [0.5, 0.6) is 0 Å². The smallest absolute Gasteiger partial charge is 0.350 e. The highest BCUT2D eigenvalue weighted by Gasteiger charge is 2.07. The van der Waals surface area contributed by atoms with Crippen LogP contribution in [0.4, 0.5) is 0 Å². The average molecular weight is 217 g/mol. The topological polar surface area (TPSA) is 75.0 Å². The molecular weight excluding hydrogens is 206 g/mol. The van der Waals surface area contributed by atoms with E-state index in [0.29, 0.717) is 6.54 Å². The van der Waals surface area contributed by atoms with E-state index >= 15 is 0 Å². The number of hydrogen-bond donors (Lipinski definition) is 1. The molecule has 16 heavy (non-hydrogen) atoms. The Morgan fingerprint density at radius 3 is 3.12 bits per heavy atom. The molecule has 0 unspecified atom stereocenters. The highest BCUT2D eigenvalue weighted by molar-refractivity contribution is 5.92. The minimum atomic E-state index is -0.652. The first-order valence-electron chi connectivity index (χ1n) is 4.58. The number of pyridine rings is 1. The first kappa shape index (κ1) is 11.7. The van der Waals surface area contributed by atoms with E-state index in [1.54, 1.807) is 18.5 Å². The minimum absolute atomic E-state index is 0.0635. The zero-order valence-corrected chi connectivity index (χ0v) is 8.80. The van der Waals surface area contributed by atoms with Crippen molar-refractivity contribution < 1.29 is 9.53 Å². The van der Waals surface area contributed by atoms with Gasteiger partial charge in [-0.25, -0.2) is 4.79 Å². The van der Waals surface area contributed by atoms with Crippen molar-refractivity contribution >= 4 is 5.97 Å². The van der Waals surface area contributed by atoms with E-state index in [4.69, 9.17) is 5.26 Å². The molecular formula is C11H11N3O2. The van der Waals surface area contributed by atoms with Gasteiger partial charge in [-0.05, 0) is 11.6 Å². The number of carbonyl (C=O) groups excluding carboxylic acids is 1. The second kappa shape index (κ2) is 6.19. The molecule has 1 heterocycles. The average Bonchev–Trinajstić information content (AvgIpc) is 2.35. The van der Waals surface area contributed by atoms with Crippen LogP contribution in [0.3, 0.4) is 0 Å². The van der Waals surface area contributed by atoms with Crippen LogP contribution in [-0.4, -0.2) is 18.1 Å². The molecule has 0 radical (unpaired) electrons. The van der Waals surface area contributed by atoms with Gasteiger partial charge >= 0.3 is 5.97 Å². The van der Waals surface area contributed by atoms with Gasteiger partial charge in [0, 0.05) is 25.1 Å². The molecule has 0 fully saturated rings. The third-order valence-electron chi connectivity index (χ3n) is 1.80. The van der Waals surface area contributed by atoms with Crippen LogP contribution >= 0.6 is 0 Å². The lowest BCUT2D eigenvalue weighted by Crippen LogP contribution is -2.10. The molecule has 0 amide bonds. The van der Waals surface area contributed by atoms with Crippen molar-refractivity contribution in [3.8, 4) is 6.07 Å². The number of hydrogen-bond acceptors (Lipinski definition) is 5. The fourth-order valence-electron chi connectivity index (χ4n) is 1.02. The predicted molar refractivity (Wildman–Crippen MR) is 56.8 cm³/mol. The Labute approximate surface area is 93.4 Å². The normalized spacial score (nSPS) is 10.4. The number of nitriles is 1. The zero-order chi connectivity index (χ0) is 11.8. The summed E-state index contributed by atoms with van der Waals surface area (Å²) in [6.07, 6.45) is 4.71. The quantitative estimate of drug-likeness (QED) is 0.457. The summed E-state index contributed by atoms with van der Waals surface area (Å²) in [6.45, 7) is 0.496. The molecule has 5 nitrogen and oxygen atoms in total. The van der Waals surface area contributed by atoms with Crippen molar-refractivity contribution in [2.45, 2.75) is 6.54 Å². The molecule has 5 heteroatoms. The second-order valence-electron chi connectivity index (χ2n) is 2.90. The second-order valence-corrected chi connectivity index (χ2v) is 2.90. The lowest BCUT2D eigenvalue weighted by atomic mass is 10.3.